The van der Waals surface area contributed by atoms with E-state index in [-0.39, 0.29) is 0 Å². The van der Waals surface area contributed by atoms with Crippen LogP contribution in [0.2, 0.25) is 0 Å². The molecule has 1 heterocycles. The minimum absolute atomic E-state index is 0.567. The van der Waals surface area contributed by atoms with Gasteiger partial charge in [0.2, 0.25) is 0 Å². The molecular weight excluding hydrogens is 280 g/mol. The number of aryl methyl sites for hydroxylation is 1. The van der Waals surface area contributed by atoms with Crippen LogP contribution >= 0.6 is 11.8 Å². The van der Waals surface area contributed by atoms with Crippen LogP contribution in [-0.4, -0.2) is 55.8 Å². The SMILES string of the molecule is Cc1ccc(C2=NN[C@H]([C@H](O)[C@@H](O)[C@H](O)CO)S2)cc1. The van der Waals surface area contributed by atoms with Crippen molar-refractivity contribution >= 4 is 16.8 Å². The predicted molar refractivity (Wildman–Crippen MR) is 77.3 cm³/mol. The molecule has 0 unspecified atom stereocenters. The number of aliphatic hydroxyl groups excluding tert-OH is 4. The van der Waals surface area contributed by atoms with E-state index in [1.54, 1.807) is 0 Å². The zero-order chi connectivity index (χ0) is 14.7. The summed E-state index contributed by atoms with van der Waals surface area (Å²) in [6.45, 7) is 1.38. The highest BCUT2D eigenvalue weighted by molar-refractivity contribution is 8.15. The van der Waals surface area contributed by atoms with Crippen molar-refractivity contribution in [1.29, 1.82) is 0 Å². The van der Waals surface area contributed by atoms with Crippen molar-refractivity contribution in [3.63, 3.8) is 0 Å². The molecule has 0 aliphatic carbocycles. The molecule has 5 N–H and O–H groups in total. The standard InChI is InChI=1S/C13H18N2O4S/c1-7-2-4-8(5-3-7)12-14-15-13(20-12)11(19)10(18)9(17)6-16/h2-5,9-11,13,15-19H,6H2,1H3/t9-,10+,11-,13+/m1/s1. The van der Waals surface area contributed by atoms with Gasteiger partial charge in [0, 0.05) is 5.56 Å². The summed E-state index contributed by atoms with van der Waals surface area (Å²) in [5, 5.41) is 42.0. The maximum absolute atomic E-state index is 9.95. The third-order valence-electron chi connectivity index (χ3n) is 3.07. The molecule has 1 aromatic carbocycles. The van der Waals surface area contributed by atoms with Crippen LogP contribution in [0.1, 0.15) is 11.1 Å². The largest absolute Gasteiger partial charge is 0.394 e. The highest BCUT2D eigenvalue weighted by Crippen LogP contribution is 2.26. The zero-order valence-corrected chi connectivity index (χ0v) is 11.8. The Hall–Kier alpha value is -1.12. The van der Waals surface area contributed by atoms with Gasteiger partial charge in [0.15, 0.2) is 0 Å². The van der Waals surface area contributed by atoms with Gasteiger partial charge < -0.3 is 20.4 Å². The first-order chi connectivity index (χ1) is 9.52. The van der Waals surface area contributed by atoms with E-state index >= 15 is 0 Å². The third kappa shape index (κ3) is 3.31. The van der Waals surface area contributed by atoms with Crippen LogP contribution < -0.4 is 5.43 Å². The molecule has 0 fully saturated rings. The van der Waals surface area contributed by atoms with E-state index in [0.29, 0.717) is 5.04 Å². The Kier molecular flexibility index (Phi) is 5.00. The van der Waals surface area contributed by atoms with Crippen LogP contribution in [0.15, 0.2) is 29.4 Å². The van der Waals surface area contributed by atoms with Crippen molar-refractivity contribution in [1.82, 2.24) is 5.43 Å². The van der Waals surface area contributed by atoms with Crippen LogP contribution in [0, 0.1) is 6.92 Å². The number of hydrogen-bond acceptors (Lipinski definition) is 7. The number of hydrogen-bond donors (Lipinski definition) is 5. The van der Waals surface area contributed by atoms with Crippen molar-refractivity contribution in [3.05, 3.63) is 35.4 Å². The molecule has 110 valence electrons. The fourth-order valence-corrected chi connectivity index (χ4v) is 2.81. The van der Waals surface area contributed by atoms with E-state index in [1.165, 1.54) is 11.8 Å². The summed E-state index contributed by atoms with van der Waals surface area (Å²) >= 11 is 1.27. The average Bonchev–Trinajstić information content (AvgIpc) is 2.95. The quantitative estimate of drug-likeness (QED) is 0.497. The molecule has 6 nitrogen and oxygen atoms in total. The topological polar surface area (TPSA) is 105 Å². The summed E-state index contributed by atoms with van der Waals surface area (Å²) in [6, 6.07) is 7.78. The highest BCUT2D eigenvalue weighted by Gasteiger charge is 2.35. The third-order valence-corrected chi connectivity index (χ3v) is 4.26. The summed E-state index contributed by atoms with van der Waals surface area (Å²) in [4.78, 5) is 0. The van der Waals surface area contributed by atoms with E-state index in [9.17, 15) is 15.3 Å². The van der Waals surface area contributed by atoms with Gasteiger partial charge in [-0.15, -0.1) is 0 Å². The molecule has 0 saturated carbocycles. The van der Waals surface area contributed by atoms with Crippen LogP contribution in [0.4, 0.5) is 0 Å². The fourth-order valence-electron chi connectivity index (χ4n) is 1.78. The Morgan fingerprint density at radius 2 is 1.90 bits per heavy atom. The Morgan fingerprint density at radius 3 is 2.50 bits per heavy atom. The molecular formula is C13H18N2O4S. The number of thioether (sulfide) groups is 1. The van der Waals surface area contributed by atoms with E-state index in [4.69, 9.17) is 5.11 Å². The average molecular weight is 298 g/mol. The number of nitrogens with zero attached hydrogens (tertiary/aromatic N) is 1. The van der Waals surface area contributed by atoms with Crippen molar-refractivity contribution in [2.24, 2.45) is 5.10 Å². The molecule has 0 saturated heterocycles. The Morgan fingerprint density at radius 1 is 1.25 bits per heavy atom. The molecule has 1 aromatic rings. The van der Waals surface area contributed by atoms with Gasteiger partial charge >= 0.3 is 0 Å². The molecule has 1 aliphatic rings. The van der Waals surface area contributed by atoms with E-state index < -0.39 is 30.3 Å². The van der Waals surface area contributed by atoms with E-state index in [1.807, 2.05) is 31.2 Å². The smallest absolute Gasteiger partial charge is 0.125 e. The van der Waals surface area contributed by atoms with Crippen molar-refractivity contribution in [3.8, 4) is 0 Å². The lowest BCUT2D eigenvalue weighted by atomic mass is 10.1. The van der Waals surface area contributed by atoms with Gasteiger partial charge in [0.05, 0.1) is 6.61 Å². The predicted octanol–water partition coefficient (Wildman–Crippen LogP) is -0.606. The summed E-state index contributed by atoms with van der Waals surface area (Å²) < 4.78 is 0. The zero-order valence-electron chi connectivity index (χ0n) is 11.0. The summed E-state index contributed by atoms with van der Waals surface area (Å²) in [5.74, 6) is 0. The number of aliphatic hydroxyl groups is 4. The first-order valence-electron chi connectivity index (χ1n) is 6.25. The van der Waals surface area contributed by atoms with Crippen LogP contribution in [0.25, 0.3) is 0 Å². The summed E-state index contributed by atoms with van der Waals surface area (Å²) in [6.07, 6.45) is -4.05. The fraction of sp³-hybridized carbons (Fsp3) is 0.462. The maximum atomic E-state index is 9.95. The van der Waals surface area contributed by atoms with Gasteiger partial charge in [0.25, 0.3) is 0 Å². The minimum atomic E-state index is -1.43. The summed E-state index contributed by atoms with van der Waals surface area (Å²) in [7, 11) is 0. The van der Waals surface area contributed by atoms with Crippen molar-refractivity contribution < 1.29 is 20.4 Å². The van der Waals surface area contributed by atoms with Crippen molar-refractivity contribution in [2.45, 2.75) is 30.6 Å². The molecule has 4 atom stereocenters. The molecule has 0 bridgehead atoms. The van der Waals surface area contributed by atoms with Crippen LogP contribution in [0.5, 0.6) is 0 Å². The lowest BCUT2D eigenvalue weighted by Gasteiger charge is -2.25. The second-order valence-corrected chi connectivity index (χ2v) is 5.81. The molecule has 2 rings (SSSR count). The van der Waals surface area contributed by atoms with Gasteiger partial charge in [-0.25, -0.2) is 0 Å². The van der Waals surface area contributed by atoms with Crippen LogP contribution in [0.3, 0.4) is 0 Å². The molecule has 20 heavy (non-hydrogen) atoms. The Labute approximate surface area is 121 Å². The number of benzene rings is 1. The lowest BCUT2D eigenvalue weighted by Crippen LogP contribution is -2.47. The molecule has 0 radical (unpaired) electrons. The van der Waals surface area contributed by atoms with Gasteiger partial charge in [0.1, 0.15) is 28.7 Å². The van der Waals surface area contributed by atoms with E-state index in [0.717, 1.165) is 11.1 Å². The number of nitrogens with one attached hydrogen (secondary N) is 1. The van der Waals surface area contributed by atoms with Crippen LogP contribution in [-0.2, 0) is 0 Å². The first kappa shape index (κ1) is 15.3. The van der Waals surface area contributed by atoms with Gasteiger partial charge in [-0.3, -0.25) is 5.43 Å². The Bertz CT molecular complexity index is 480. The molecule has 0 spiro atoms. The monoisotopic (exact) mass is 298 g/mol. The lowest BCUT2D eigenvalue weighted by molar-refractivity contribution is -0.0779. The minimum Gasteiger partial charge on any atom is -0.394 e. The molecule has 1 aliphatic heterocycles. The van der Waals surface area contributed by atoms with Gasteiger partial charge in [-0.1, -0.05) is 41.6 Å². The summed E-state index contributed by atoms with van der Waals surface area (Å²) in [5.41, 5.74) is 4.79. The van der Waals surface area contributed by atoms with Gasteiger partial charge in [-0.2, -0.15) is 5.10 Å². The molecule has 0 amide bonds. The van der Waals surface area contributed by atoms with Gasteiger partial charge in [-0.05, 0) is 6.92 Å². The first-order valence-corrected chi connectivity index (χ1v) is 7.13. The second-order valence-electron chi connectivity index (χ2n) is 4.68. The highest BCUT2D eigenvalue weighted by atomic mass is 32.2. The van der Waals surface area contributed by atoms with Crippen molar-refractivity contribution in [2.75, 3.05) is 6.61 Å². The molecule has 0 aromatic heterocycles. The normalized spacial score (nSPS) is 22.9. The Balaban J connectivity index is 1.99. The molecule has 7 heteroatoms. The number of hydrazone groups is 1. The van der Waals surface area contributed by atoms with E-state index in [2.05, 4.69) is 10.5 Å². The maximum Gasteiger partial charge on any atom is 0.125 e. The number of rotatable bonds is 5. The second kappa shape index (κ2) is 6.55.